The average molecular weight is 546 g/mol. The zero-order valence-corrected chi connectivity index (χ0v) is 22.3. The number of nitrogens with one attached hydrogen (secondary N) is 1. The highest BCUT2D eigenvalue weighted by Crippen LogP contribution is 2.29. The van der Waals surface area contributed by atoms with Gasteiger partial charge >= 0.3 is 0 Å². The van der Waals surface area contributed by atoms with E-state index in [0.29, 0.717) is 35.6 Å². The summed E-state index contributed by atoms with van der Waals surface area (Å²) in [5, 5.41) is 12.2. The summed E-state index contributed by atoms with van der Waals surface area (Å²) in [7, 11) is 0. The Kier molecular flexibility index (Phi) is 9.18. The highest BCUT2D eigenvalue weighted by Gasteiger charge is 2.16. The van der Waals surface area contributed by atoms with E-state index in [0.717, 1.165) is 26.9 Å². The maximum Gasteiger partial charge on any atom is 0.234 e. The Morgan fingerprint density at radius 1 is 1.15 bits per heavy atom. The van der Waals surface area contributed by atoms with Gasteiger partial charge in [-0.05, 0) is 68.7 Å². The molecular formula is C25H29BrN4O3S. The van der Waals surface area contributed by atoms with Gasteiger partial charge < -0.3 is 14.8 Å². The Balaban J connectivity index is 1.67. The van der Waals surface area contributed by atoms with E-state index in [9.17, 15) is 4.79 Å². The minimum absolute atomic E-state index is 0.106. The lowest BCUT2D eigenvalue weighted by Gasteiger charge is -2.13. The molecule has 180 valence electrons. The third-order valence-corrected chi connectivity index (χ3v) is 6.38. The minimum Gasteiger partial charge on any atom is -0.490 e. The highest BCUT2D eigenvalue weighted by atomic mass is 79.9. The van der Waals surface area contributed by atoms with Crippen LogP contribution in [-0.4, -0.2) is 33.0 Å². The Hall–Kier alpha value is -2.78. The summed E-state index contributed by atoms with van der Waals surface area (Å²) in [6.45, 7) is 13.0. The molecule has 0 radical (unpaired) electrons. The quantitative estimate of drug-likeness (QED) is 0.240. The molecule has 0 fully saturated rings. The van der Waals surface area contributed by atoms with Gasteiger partial charge in [0.15, 0.2) is 22.5 Å². The largest absolute Gasteiger partial charge is 0.490 e. The molecule has 0 spiro atoms. The monoisotopic (exact) mass is 544 g/mol. The maximum absolute atomic E-state index is 12.6. The van der Waals surface area contributed by atoms with Gasteiger partial charge in [-0.2, -0.15) is 0 Å². The number of nitrogens with zero attached hydrogens (tertiary/aromatic N) is 3. The molecule has 0 saturated carbocycles. The molecule has 0 aliphatic rings. The lowest BCUT2D eigenvalue weighted by molar-refractivity contribution is -0.113. The first kappa shape index (κ1) is 25.8. The molecule has 0 aliphatic carbocycles. The van der Waals surface area contributed by atoms with Crippen molar-refractivity contribution in [3.63, 3.8) is 0 Å². The van der Waals surface area contributed by atoms with Crippen LogP contribution in [0.5, 0.6) is 11.5 Å². The van der Waals surface area contributed by atoms with E-state index >= 15 is 0 Å². The van der Waals surface area contributed by atoms with Crippen molar-refractivity contribution in [2.24, 2.45) is 0 Å². The molecule has 0 saturated heterocycles. The van der Waals surface area contributed by atoms with Crippen molar-refractivity contribution < 1.29 is 14.3 Å². The van der Waals surface area contributed by atoms with Gasteiger partial charge in [0.2, 0.25) is 5.91 Å². The predicted molar refractivity (Wildman–Crippen MR) is 140 cm³/mol. The van der Waals surface area contributed by atoms with Crippen LogP contribution in [0.1, 0.15) is 29.4 Å². The third kappa shape index (κ3) is 6.64. The lowest BCUT2D eigenvalue weighted by Crippen LogP contribution is -2.16. The predicted octanol–water partition coefficient (Wildman–Crippen LogP) is 5.86. The molecule has 3 rings (SSSR count). The number of thioether (sulfide) groups is 1. The number of halogens is 1. The summed E-state index contributed by atoms with van der Waals surface area (Å²) in [5.74, 6) is 2.09. The summed E-state index contributed by atoms with van der Waals surface area (Å²) in [6.07, 6.45) is 1.77. The number of aryl methyl sites for hydroxylation is 3. The molecule has 2 aromatic carbocycles. The number of benzene rings is 2. The van der Waals surface area contributed by atoms with Gasteiger partial charge in [0.1, 0.15) is 6.61 Å². The van der Waals surface area contributed by atoms with E-state index in [4.69, 9.17) is 9.47 Å². The fraction of sp³-hybridized carbons (Fsp3) is 0.320. The molecule has 0 unspecified atom stereocenters. The molecular weight excluding hydrogens is 516 g/mol. The summed E-state index contributed by atoms with van der Waals surface area (Å²) >= 11 is 4.81. The number of anilines is 1. The van der Waals surface area contributed by atoms with Crippen LogP contribution in [0.25, 0.3) is 0 Å². The van der Waals surface area contributed by atoms with Gasteiger partial charge in [-0.1, -0.05) is 39.8 Å². The Bertz CT molecular complexity index is 1160. The normalized spacial score (nSPS) is 10.7. The van der Waals surface area contributed by atoms with E-state index < -0.39 is 0 Å². The maximum atomic E-state index is 12.6. The van der Waals surface area contributed by atoms with Crippen molar-refractivity contribution in [2.75, 3.05) is 17.7 Å². The second-order valence-electron chi connectivity index (χ2n) is 7.72. The molecule has 1 N–H and O–H groups in total. The van der Waals surface area contributed by atoms with Crippen molar-refractivity contribution >= 4 is 39.3 Å². The van der Waals surface area contributed by atoms with E-state index in [1.54, 1.807) is 6.08 Å². The van der Waals surface area contributed by atoms with Crippen LogP contribution < -0.4 is 14.8 Å². The standard InChI is InChI=1S/C25H29BrN4O3S/c1-6-10-30-22(14-33-20-9-8-16(3)11-21(20)32-7-2)28-29-25(30)34-15-23(31)27-24-17(4)12-19(26)13-18(24)5/h6,8-9,11-13H,1,7,10,14-15H2,2-5H3,(H,27,31). The number of carbonyl (C=O) groups excluding carboxylic acids is 1. The van der Waals surface area contributed by atoms with Gasteiger partial charge in [-0.25, -0.2) is 0 Å². The third-order valence-electron chi connectivity index (χ3n) is 4.96. The second kappa shape index (κ2) is 12.1. The molecule has 1 aromatic heterocycles. The molecule has 1 amide bonds. The molecule has 0 atom stereocenters. The van der Waals surface area contributed by atoms with E-state index in [1.807, 2.05) is 62.6 Å². The van der Waals surface area contributed by atoms with E-state index in [2.05, 4.69) is 38.0 Å². The number of hydrogen-bond acceptors (Lipinski definition) is 6. The molecule has 7 nitrogen and oxygen atoms in total. The molecule has 0 aliphatic heterocycles. The summed E-state index contributed by atoms with van der Waals surface area (Å²) in [6, 6.07) is 9.77. The zero-order chi connectivity index (χ0) is 24.7. The van der Waals surface area contributed by atoms with E-state index in [-0.39, 0.29) is 18.3 Å². The average Bonchev–Trinajstić information content (AvgIpc) is 3.16. The van der Waals surface area contributed by atoms with Gasteiger partial charge in [-0.15, -0.1) is 16.8 Å². The van der Waals surface area contributed by atoms with Crippen molar-refractivity contribution in [1.29, 1.82) is 0 Å². The number of carbonyl (C=O) groups is 1. The number of aromatic nitrogens is 3. The molecule has 9 heteroatoms. The molecule has 1 heterocycles. The topological polar surface area (TPSA) is 78.3 Å². The highest BCUT2D eigenvalue weighted by molar-refractivity contribution is 9.10. The SMILES string of the molecule is C=CCn1c(COc2ccc(C)cc2OCC)nnc1SCC(=O)Nc1c(C)cc(Br)cc1C. The molecule has 3 aromatic rings. The Labute approximate surface area is 213 Å². The first-order valence-corrected chi connectivity index (χ1v) is 12.7. The lowest BCUT2D eigenvalue weighted by atomic mass is 10.1. The summed E-state index contributed by atoms with van der Waals surface area (Å²) in [5.41, 5.74) is 3.93. The van der Waals surface area contributed by atoms with Crippen molar-refractivity contribution in [2.45, 2.75) is 46.0 Å². The minimum atomic E-state index is -0.106. The van der Waals surface area contributed by atoms with Crippen molar-refractivity contribution in [3.05, 3.63) is 70.0 Å². The van der Waals surface area contributed by atoms with Gasteiger partial charge in [0.25, 0.3) is 0 Å². The Morgan fingerprint density at radius 2 is 1.88 bits per heavy atom. The van der Waals surface area contributed by atoms with Gasteiger partial charge in [-0.3, -0.25) is 9.36 Å². The fourth-order valence-corrected chi connectivity index (χ4v) is 4.86. The van der Waals surface area contributed by atoms with Crippen LogP contribution in [0.15, 0.2) is 52.6 Å². The van der Waals surface area contributed by atoms with Crippen molar-refractivity contribution in [3.8, 4) is 11.5 Å². The first-order chi connectivity index (χ1) is 16.3. The second-order valence-corrected chi connectivity index (χ2v) is 9.58. The number of rotatable bonds is 11. The number of amides is 1. The molecule has 34 heavy (non-hydrogen) atoms. The number of allylic oxidation sites excluding steroid dienone is 1. The van der Waals surface area contributed by atoms with Crippen LogP contribution in [-0.2, 0) is 17.9 Å². The summed E-state index contributed by atoms with van der Waals surface area (Å²) in [4.78, 5) is 12.6. The van der Waals surface area contributed by atoms with Crippen LogP contribution >= 0.6 is 27.7 Å². The number of ether oxygens (including phenoxy) is 2. The van der Waals surface area contributed by atoms with E-state index in [1.165, 1.54) is 11.8 Å². The molecule has 0 bridgehead atoms. The first-order valence-electron chi connectivity index (χ1n) is 10.9. The summed E-state index contributed by atoms with van der Waals surface area (Å²) < 4.78 is 14.6. The van der Waals surface area contributed by atoms with Crippen LogP contribution in [0.4, 0.5) is 5.69 Å². The fourth-order valence-electron chi connectivity index (χ4n) is 3.40. The van der Waals surface area contributed by atoms with Crippen LogP contribution in [0.2, 0.25) is 0 Å². The Morgan fingerprint density at radius 3 is 2.56 bits per heavy atom. The zero-order valence-electron chi connectivity index (χ0n) is 19.9. The smallest absolute Gasteiger partial charge is 0.234 e. The van der Waals surface area contributed by atoms with Crippen molar-refractivity contribution in [1.82, 2.24) is 14.8 Å². The van der Waals surface area contributed by atoms with Gasteiger partial charge in [0.05, 0.1) is 12.4 Å². The van der Waals surface area contributed by atoms with Crippen LogP contribution in [0, 0.1) is 20.8 Å². The van der Waals surface area contributed by atoms with Crippen LogP contribution in [0.3, 0.4) is 0 Å². The van der Waals surface area contributed by atoms with Gasteiger partial charge in [0, 0.05) is 16.7 Å². The number of hydrogen-bond donors (Lipinski definition) is 1.